The maximum atomic E-state index is 12.9. The summed E-state index contributed by atoms with van der Waals surface area (Å²) in [7, 11) is 0. The summed E-state index contributed by atoms with van der Waals surface area (Å²) in [5.74, 6) is -1.94. The van der Waals surface area contributed by atoms with Crippen LogP contribution in [0, 0.1) is 34.5 Å². The lowest BCUT2D eigenvalue weighted by Crippen LogP contribution is -2.60. The number of rotatable bonds is 2. The molecule has 0 saturated heterocycles. The molecule has 0 aliphatic heterocycles. The van der Waals surface area contributed by atoms with E-state index in [4.69, 9.17) is 4.74 Å². The lowest BCUT2D eigenvalue weighted by molar-refractivity contribution is -0.189. The van der Waals surface area contributed by atoms with Gasteiger partial charge in [0, 0.05) is 30.6 Å². The van der Waals surface area contributed by atoms with E-state index in [0.29, 0.717) is 11.1 Å². The molecule has 2 saturated carbocycles. The van der Waals surface area contributed by atoms with Gasteiger partial charge in [-0.05, 0) is 35.3 Å². The number of esters is 1. The van der Waals surface area contributed by atoms with E-state index >= 15 is 0 Å². The molecule has 0 aromatic rings. The topological polar surface area (TPSA) is 104 Å². The van der Waals surface area contributed by atoms with E-state index in [1.807, 2.05) is 39.8 Å². The van der Waals surface area contributed by atoms with Crippen molar-refractivity contribution in [3.05, 3.63) is 23.3 Å². The molecule has 0 aromatic heterocycles. The molecule has 0 heterocycles. The molecule has 0 radical (unpaired) electrons. The van der Waals surface area contributed by atoms with E-state index in [2.05, 4.69) is 0 Å². The summed E-state index contributed by atoms with van der Waals surface area (Å²) in [5.41, 5.74) is -2.63. The molecule has 6 heteroatoms. The second-order valence-corrected chi connectivity index (χ2v) is 10.5. The van der Waals surface area contributed by atoms with Crippen LogP contribution in [0.2, 0.25) is 0 Å². The second kappa shape index (κ2) is 5.80. The molecule has 0 bridgehead atoms. The molecule has 0 amide bonds. The summed E-state index contributed by atoms with van der Waals surface area (Å²) < 4.78 is 5.81. The highest BCUT2D eigenvalue weighted by atomic mass is 16.6. The SMILES string of the molecule is CC(=O)O[C@]12C([C@@H]3C=C(CO)C[C@]4(O)C(=O)C(C)=CC4[C@@]3(C)[C@H](C)[C@H]1O)C2(C)C. The first-order valence-corrected chi connectivity index (χ1v) is 10.4. The van der Waals surface area contributed by atoms with Crippen molar-refractivity contribution in [2.24, 2.45) is 34.5 Å². The highest BCUT2D eigenvalue weighted by molar-refractivity contribution is 6.04. The number of fused-ring (bicyclic) bond motifs is 5. The van der Waals surface area contributed by atoms with Crippen molar-refractivity contribution < 1.29 is 29.6 Å². The lowest BCUT2D eigenvalue weighted by Gasteiger charge is -2.54. The van der Waals surface area contributed by atoms with Gasteiger partial charge in [0.25, 0.3) is 0 Å². The minimum Gasteiger partial charge on any atom is -0.456 e. The first kappa shape index (κ1) is 20.8. The summed E-state index contributed by atoms with van der Waals surface area (Å²) in [4.78, 5) is 24.9. The Balaban J connectivity index is 1.94. The van der Waals surface area contributed by atoms with Crippen molar-refractivity contribution in [1.82, 2.24) is 0 Å². The number of ketones is 1. The van der Waals surface area contributed by atoms with Gasteiger partial charge >= 0.3 is 5.97 Å². The molecule has 2 fully saturated rings. The Morgan fingerprint density at radius 3 is 2.45 bits per heavy atom. The zero-order valence-corrected chi connectivity index (χ0v) is 18.0. The van der Waals surface area contributed by atoms with Gasteiger partial charge in [0.2, 0.25) is 0 Å². The van der Waals surface area contributed by atoms with Gasteiger partial charge in [0.05, 0.1) is 12.7 Å². The van der Waals surface area contributed by atoms with Crippen LogP contribution in [-0.2, 0) is 14.3 Å². The molecule has 4 aliphatic rings. The predicted molar refractivity (Wildman–Crippen MR) is 106 cm³/mol. The molecule has 4 rings (SSSR count). The predicted octanol–water partition coefficient (Wildman–Crippen LogP) is 1.78. The molecule has 0 spiro atoms. The molecule has 29 heavy (non-hydrogen) atoms. The number of ether oxygens (including phenoxy) is 1. The van der Waals surface area contributed by atoms with Crippen LogP contribution < -0.4 is 0 Å². The van der Waals surface area contributed by atoms with E-state index < -0.39 is 40.0 Å². The van der Waals surface area contributed by atoms with Crippen LogP contribution in [0.1, 0.15) is 48.0 Å². The normalized spacial score (nSPS) is 49.8. The summed E-state index contributed by atoms with van der Waals surface area (Å²) in [6.45, 7) is 10.7. The van der Waals surface area contributed by atoms with Crippen molar-refractivity contribution in [1.29, 1.82) is 0 Å². The minimum atomic E-state index is -1.63. The van der Waals surface area contributed by atoms with E-state index in [1.54, 1.807) is 6.92 Å². The second-order valence-electron chi connectivity index (χ2n) is 10.5. The average Bonchev–Trinajstić information content (AvgIpc) is 3.06. The van der Waals surface area contributed by atoms with Crippen LogP contribution in [0.15, 0.2) is 23.3 Å². The third-order valence-electron chi connectivity index (χ3n) is 8.91. The first-order chi connectivity index (χ1) is 13.3. The van der Waals surface area contributed by atoms with Crippen LogP contribution >= 0.6 is 0 Å². The van der Waals surface area contributed by atoms with Gasteiger partial charge in [-0.2, -0.15) is 0 Å². The number of carbonyl (C=O) groups excluding carboxylic acids is 2. The van der Waals surface area contributed by atoms with Crippen molar-refractivity contribution in [3.8, 4) is 0 Å². The smallest absolute Gasteiger partial charge is 0.303 e. The number of hydrogen-bond acceptors (Lipinski definition) is 6. The van der Waals surface area contributed by atoms with Gasteiger partial charge < -0.3 is 20.1 Å². The maximum absolute atomic E-state index is 12.9. The van der Waals surface area contributed by atoms with E-state index in [0.717, 1.165) is 0 Å². The molecule has 6 nitrogen and oxygen atoms in total. The van der Waals surface area contributed by atoms with Crippen molar-refractivity contribution in [3.63, 3.8) is 0 Å². The van der Waals surface area contributed by atoms with E-state index in [-0.39, 0.29) is 36.6 Å². The highest BCUT2D eigenvalue weighted by Crippen LogP contribution is 2.78. The number of aliphatic hydroxyl groups is 3. The Hall–Kier alpha value is -1.50. The van der Waals surface area contributed by atoms with E-state index in [1.165, 1.54) is 6.92 Å². The number of aliphatic hydroxyl groups excluding tert-OH is 2. The zero-order valence-electron chi connectivity index (χ0n) is 18.0. The van der Waals surface area contributed by atoms with Crippen LogP contribution in [0.4, 0.5) is 0 Å². The van der Waals surface area contributed by atoms with Crippen LogP contribution in [-0.4, -0.2) is 51.0 Å². The zero-order chi connectivity index (χ0) is 21.7. The Morgan fingerprint density at radius 2 is 1.90 bits per heavy atom. The standard InChI is InChI=1S/C23H32O6/c1-11-7-16-21(6)12(2)19(27)23(29-13(3)25)17(20(23,4)5)15(21)8-14(10-24)9-22(16,28)18(11)26/h7-8,12,15-17,19,24,27-28H,9-10H2,1-6H3/t12-,15+,16?,17?,19-,21+,22-,23-/m1/s1. The van der Waals surface area contributed by atoms with Crippen molar-refractivity contribution in [2.45, 2.75) is 65.3 Å². The molecule has 160 valence electrons. The molecule has 0 aromatic carbocycles. The van der Waals surface area contributed by atoms with Gasteiger partial charge in [-0.15, -0.1) is 0 Å². The monoisotopic (exact) mass is 404 g/mol. The van der Waals surface area contributed by atoms with Gasteiger partial charge in [-0.1, -0.05) is 39.8 Å². The molecule has 2 unspecified atom stereocenters. The Morgan fingerprint density at radius 1 is 1.28 bits per heavy atom. The fraction of sp³-hybridized carbons (Fsp3) is 0.739. The first-order valence-electron chi connectivity index (χ1n) is 10.4. The number of Topliss-reactive ketones (excluding diaryl/α,β-unsaturated/α-hetero) is 1. The summed E-state index contributed by atoms with van der Waals surface area (Å²) >= 11 is 0. The third-order valence-corrected chi connectivity index (χ3v) is 8.91. The molecule has 4 aliphatic carbocycles. The number of carbonyl (C=O) groups is 2. The molecule has 3 N–H and O–H groups in total. The Bertz CT molecular complexity index is 855. The molecular weight excluding hydrogens is 372 g/mol. The van der Waals surface area contributed by atoms with Crippen LogP contribution in [0.25, 0.3) is 0 Å². The van der Waals surface area contributed by atoms with Crippen LogP contribution in [0.5, 0.6) is 0 Å². The maximum Gasteiger partial charge on any atom is 0.303 e. The van der Waals surface area contributed by atoms with Gasteiger partial charge in [0.1, 0.15) is 11.2 Å². The van der Waals surface area contributed by atoms with Crippen LogP contribution in [0.3, 0.4) is 0 Å². The molecular formula is C23H32O6. The van der Waals surface area contributed by atoms with Gasteiger partial charge in [-0.3, -0.25) is 9.59 Å². The van der Waals surface area contributed by atoms with Crippen molar-refractivity contribution >= 4 is 11.8 Å². The van der Waals surface area contributed by atoms with Gasteiger partial charge in [-0.25, -0.2) is 0 Å². The largest absolute Gasteiger partial charge is 0.456 e. The Labute approximate surface area is 171 Å². The van der Waals surface area contributed by atoms with E-state index in [9.17, 15) is 24.9 Å². The summed E-state index contributed by atoms with van der Waals surface area (Å²) in [5, 5.41) is 33.0. The Kier molecular flexibility index (Phi) is 4.15. The molecule has 8 atom stereocenters. The lowest BCUT2D eigenvalue weighted by atomic mass is 9.52. The number of allylic oxidation sites excluding steroid dienone is 1. The summed E-state index contributed by atoms with van der Waals surface area (Å²) in [6, 6.07) is 0. The average molecular weight is 405 g/mol. The number of hydrogen-bond donors (Lipinski definition) is 3. The fourth-order valence-electron chi connectivity index (χ4n) is 7.31. The van der Waals surface area contributed by atoms with Crippen molar-refractivity contribution in [2.75, 3.05) is 6.61 Å². The van der Waals surface area contributed by atoms with Gasteiger partial charge in [0.15, 0.2) is 5.78 Å². The highest BCUT2D eigenvalue weighted by Gasteiger charge is 2.85. The summed E-state index contributed by atoms with van der Waals surface area (Å²) in [6.07, 6.45) is 2.97. The minimum absolute atomic E-state index is 0.0729. The third kappa shape index (κ3) is 2.18. The fourth-order valence-corrected chi connectivity index (χ4v) is 7.31. The quantitative estimate of drug-likeness (QED) is 0.479.